The van der Waals surface area contributed by atoms with Crippen LogP contribution in [-0.4, -0.2) is 75.5 Å². The SMILES string of the molecule is COc1ccc(CN2CCN(C(c3ccc(F)cc3)c3ccc(F)cc3)CC2)c(OC)c1OC.Cc1ccc(-c2cc(C(F)(F)F)nn2-c2ccc(S(N)(=O)=O)cc2)cc1. The highest BCUT2D eigenvalue weighted by Crippen LogP contribution is 2.41. The number of nitrogens with two attached hydrogens (primary N) is 1. The summed E-state index contributed by atoms with van der Waals surface area (Å²) in [6.07, 6.45) is -4.61. The standard InChI is InChI=1S/C27H30F2N2O3.C17H14F3N3O2S/c1-32-24-13-8-21(26(33-2)27(24)34-3)18-30-14-16-31(17-15-30)25(19-4-9-22(28)10-5-19)20-6-11-23(29)12-7-20;1-11-2-4-12(5-3-11)15-10-16(17(18,19)20)22-23(15)13-6-8-14(9-7-13)26(21,24)25/h4-13,25H,14-18H2,1-3H3;2-10H,1H3,(H2,21,24,25). The van der Waals surface area contributed by atoms with Crippen LogP contribution < -0.4 is 19.3 Å². The van der Waals surface area contributed by atoms with Crippen molar-refractivity contribution >= 4 is 10.0 Å². The first kappa shape index (κ1) is 43.8. The molecule has 1 fully saturated rings. The molecule has 0 bridgehead atoms. The van der Waals surface area contributed by atoms with Gasteiger partial charge in [-0.2, -0.15) is 18.3 Å². The van der Waals surface area contributed by atoms with Crippen LogP contribution in [0, 0.1) is 18.6 Å². The van der Waals surface area contributed by atoms with Crippen LogP contribution in [0.1, 0.15) is 34.0 Å². The van der Waals surface area contributed by atoms with Crippen LogP contribution in [-0.2, 0) is 22.7 Å². The second kappa shape index (κ2) is 18.6. The normalized spacial score (nSPS) is 13.8. The molecule has 16 heteroatoms. The van der Waals surface area contributed by atoms with Crippen LogP contribution in [0.3, 0.4) is 0 Å². The number of hydrogen-bond donors (Lipinski definition) is 1. The number of aryl methyl sites for hydroxylation is 1. The van der Waals surface area contributed by atoms with Gasteiger partial charge in [-0.3, -0.25) is 9.80 Å². The van der Waals surface area contributed by atoms with E-state index in [0.717, 1.165) is 65.7 Å². The van der Waals surface area contributed by atoms with Crippen LogP contribution in [0.2, 0.25) is 0 Å². The molecule has 60 heavy (non-hydrogen) atoms. The van der Waals surface area contributed by atoms with Gasteiger partial charge >= 0.3 is 6.18 Å². The first-order valence-corrected chi connectivity index (χ1v) is 20.3. The molecule has 1 aliphatic rings. The van der Waals surface area contributed by atoms with Crippen LogP contribution in [0.25, 0.3) is 16.9 Å². The molecule has 0 aliphatic carbocycles. The molecule has 0 radical (unpaired) electrons. The zero-order chi connectivity index (χ0) is 43.2. The molecule has 316 valence electrons. The molecule has 0 saturated carbocycles. The fourth-order valence-electron chi connectivity index (χ4n) is 7.04. The Morgan fingerprint density at radius 1 is 0.717 bits per heavy atom. The van der Waals surface area contributed by atoms with Gasteiger partial charge < -0.3 is 14.2 Å². The summed E-state index contributed by atoms with van der Waals surface area (Å²) in [4.78, 5) is 4.59. The van der Waals surface area contributed by atoms with E-state index in [1.807, 2.05) is 43.3 Å². The summed E-state index contributed by atoms with van der Waals surface area (Å²) in [7, 11) is 0.948. The number of alkyl halides is 3. The Bertz CT molecular complexity index is 2430. The van der Waals surface area contributed by atoms with Gasteiger partial charge in [-0.25, -0.2) is 27.0 Å². The molecule has 2 N–H and O–H groups in total. The van der Waals surface area contributed by atoms with Crippen molar-refractivity contribution < 1.29 is 44.6 Å². The number of piperazine rings is 1. The van der Waals surface area contributed by atoms with E-state index >= 15 is 0 Å². The molecule has 1 aromatic heterocycles. The number of hydrogen-bond acceptors (Lipinski definition) is 8. The molecule has 2 heterocycles. The lowest BCUT2D eigenvalue weighted by molar-refractivity contribution is -0.141. The largest absolute Gasteiger partial charge is 0.493 e. The molecule has 0 spiro atoms. The topological polar surface area (TPSA) is 112 Å². The third-order valence-corrected chi connectivity index (χ3v) is 11.0. The number of benzene rings is 5. The predicted octanol–water partition coefficient (Wildman–Crippen LogP) is 8.41. The number of aromatic nitrogens is 2. The average molecular weight is 850 g/mol. The molecular formula is C44H44F5N5O5S. The lowest BCUT2D eigenvalue weighted by Crippen LogP contribution is -2.47. The second-order valence-electron chi connectivity index (χ2n) is 14.0. The highest BCUT2D eigenvalue weighted by atomic mass is 32.2. The molecule has 6 aromatic rings. The van der Waals surface area contributed by atoms with E-state index in [4.69, 9.17) is 19.3 Å². The highest BCUT2D eigenvalue weighted by Gasteiger charge is 2.35. The summed E-state index contributed by atoms with van der Waals surface area (Å²) in [6.45, 7) is 5.90. The maximum atomic E-state index is 13.6. The minimum absolute atomic E-state index is 0.0704. The Hall–Kier alpha value is -5.81. The summed E-state index contributed by atoms with van der Waals surface area (Å²) in [5, 5.41) is 8.70. The summed E-state index contributed by atoms with van der Waals surface area (Å²) < 4.78 is 107. The lowest BCUT2D eigenvalue weighted by Gasteiger charge is -2.40. The van der Waals surface area contributed by atoms with Crippen LogP contribution >= 0.6 is 0 Å². The number of halogens is 5. The maximum absolute atomic E-state index is 13.6. The van der Waals surface area contributed by atoms with Crippen molar-refractivity contribution in [2.75, 3.05) is 47.5 Å². The van der Waals surface area contributed by atoms with Gasteiger partial charge in [0, 0.05) is 43.9 Å². The van der Waals surface area contributed by atoms with Crippen molar-refractivity contribution in [1.29, 1.82) is 0 Å². The molecule has 0 amide bonds. The fraction of sp³-hybridized carbons (Fsp3) is 0.250. The van der Waals surface area contributed by atoms with Gasteiger partial charge in [0.1, 0.15) is 11.6 Å². The summed E-state index contributed by atoms with van der Waals surface area (Å²) >= 11 is 0. The number of sulfonamides is 1. The highest BCUT2D eigenvalue weighted by molar-refractivity contribution is 7.89. The van der Waals surface area contributed by atoms with Gasteiger partial charge in [-0.1, -0.05) is 60.2 Å². The zero-order valence-corrected chi connectivity index (χ0v) is 34.1. The van der Waals surface area contributed by atoms with E-state index in [9.17, 15) is 30.4 Å². The van der Waals surface area contributed by atoms with E-state index in [1.165, 1.54) is 48.5 Å². The van der Waals surface area contributed by atoms with Crippen molar-refractivity contribution in [2.24, 2.45) is 5.14 Å². The van der Waals surface area contributed by atoms with E-state index < -0.39 is 21.9 Å². The van der Waals surface area contributed by atoms with Crippen LogP contribution in [0.5, 0.6) is 17.2 Å². The van der Waals surface area contributed by atoms with Crippen molar-refractivity contribution in [3.8, 4) is 34.2 Å². The first-order chi connectivity index (χ1) is 28.6. The Kier molecular flexibility index (Phi) is 13.6. The Balaban J connectivity index is 0.000000209. The number of rotatable bonds is 11. The quantitative estimate of drug-likeness (QED) is 0.130. The van der Waals surface area contributed by atoms with E-state index in [-0.39, 0.29) is 34.0 Å². The van der Waals surface area contributed by atoms with E-state index in [1.54, 1.807) is 45.6 Å². The zero-order valence-electron chi connectivity index (χ0n) is 33.3. The van der Waals surface area contributed by atoms with Crippen molar-refractivity contribution in [3.05, 3.63) is 155 Å². The summed E-state index contributed by atoms with van der Waals surface area (Å²) in [5.41, 5.74) is 4.00. The van der Waals surface area contributed by atoms with Crippen molar-refractivity contribution in [3.63, 3.8) is 0 Å². The van der Waals surface area contributed by atoms with Gasteiger partial charge in [0.25, 0.3) is 0 Å². The number of primary sulfonamides is 1. The van der Waals surface area contributed by atoms with Gasteiger partial charge in [0.15, 0.2) is 17.2 Å². The Morgan fingerprint density at radius 2 is 1.27 bits per heavy atom. The molecule has 5 aromatic carbocycles. The molecule has 1 aliphatic heterocycles. The number of nitrogens with zero attached hydrogens (tertiary/aromatic N) is 4. The van der Waals surface area contributed by atoms with Crippen molar-refractivity contribution in [1.82, 2.24) is 19.6 Å². The van der Waals surface area contributed by atoms with Gasteiger partial charge in [-0.15, -0.1) is 0 Å². The first-order valence-electron chi connectivity index (χ1n) is 18.7. The van der Waals surface area contributed by atoms with Crippen LogP contribution in [0.4, 0.5) is 22.0 Å². The van der Waals surface area contributed by atoms with E-state index in [0.29, 0.717) is 22.8 Å². The molecule has 1 saturated heterocycles. The summed E-state index contributed by atoms with van der Waals surface area (Å²) in [6, 6.07) is 30.0. The van der Waals surface area contributed by atoms with Gasteiger partial charge in [0.2, 0.25) is 15.8 Å². The molecule has 0 atom stereocenters. The smallest absolute Gasteiger partial charge is 0.435 e. The second-order valence-corrected chi connectivity index (χ2v) is 15.6. The van der Waals surface area contributed by atoms with Gasteiger partial charge in [0.05, 0.1) is 43.6 Å². The lowest BCUT2D eigenvalue weighted by atomic mass is 9.96. The van der Waals surface area contributed by atoms with Crippen molar-refractivity contribution in [2.45, 2.75) is 30.6 Å². The Morgan fingerprint density at radius 3 is 1.75 bits per heavy atom. The monoisotopic (exact) mass is 849 g/mol. The summed E-state index contributed by atoms with van der Waals surface area (Å²) in [5.74, 6) is 1.37. The minimum atomic E-state index is -4.61. The minimum Gasteiger partial charge on any atom is -0.493 e. The Labute approximate surface area is 345 Å². The van der Waals surface area contributed by atoms with Crippen LogP contribution in [0.15, 0.2) is 120 Å². The third kappa shape index (κ3) is 10.3. The third-order valence-electron chi connectivity index (χ3n) is 10.1. The molecule has 7 rings (SSSR count). The van der Waals surface area contributed by atoms with Gasteiger partial charge in [-0.05, 0) is 78.7 Å². The average Bonchev–Trinajstić information content (AvgIpc) is 3.70. The molecule has 10 nitrogen and oxygen atoms in total. The predicted molar refractivity (Wildman–Crippen MR) is 218 cm³/mol. The maximum Gasteiger partial charge on any atom is 0.435 e. The number of ether oxygens (including phenoxy) is 3. The molecule has 0 unspecified atom stereocenters. The molecular weight excluding hydrogens is 806 g/mol. The number of methoxy groups -OCH3 is 3. The fourth-order valence-corrected chi connectivity index (χ4v) is 7.55. The van der Waals surface area contributed by atoms with E-state index in [2.05, 4.69) is 14.9 Å².